The zero-order chi connectivity index (χ0) is 14.0. The molecule has 0 spiro atoms. The van der Waals surface area contributed by atoms with Crippen LogP contribution < -0.4 is 4.74 Å². The molecule has 1 heterocycles. The Morgan fingerprint density at radius 2 is 2.00 bits per heavy atom. The highest BCUT2D eigenvalue weighted by Crippen LogP contribution is 2.26. The number of hydrogen-bond acceptors (Lipinski definition) is 3. The molecule has 2 aromatic rings. The minimum atomic E-state index is -1.08. The van der Waals surface area contributed by atoms with E-state index in [-0.39, 0.29) is 11.4 Å². The molecule has 2 rings (SSSR count). The van der Waals surface area contributed by atoms with Gasteiger partial charge in [-0.25, -0.2) is 9.78 Å². The second kappa shape index (κ2) is 5.40. The first kappa shape index (κ1) is 13.5. The normalized spacial score (nSPS) is 10.3. The fourth-order valence-electron chi connectivity index (χ4n) is 1.55. The minimum absolute atomic E-state index is 0.0209. The van der Waals surface area contributed by atoms with Crippen molar-refractivity contribution >= 4 is 21.9 Å². The standard InChI is InChI=1S/C14H12BrNO3/c1-8-3-4-11(5-9(8)2)19-13-12(14(17)18)6-10(15)7-16-13/h3-7H,1-2H3,(H,17,18). The smallest absolute Gasteiger partial charge is 0.341 e. The van der Waals surface area contributed by atoms with E-state index in [0.717, 1.165) is 11.1 Å². The Morgan fingerprint density at radius 1 is 1.26 bits per heavy atom. The Hall–Kier alpha value is -1.88. The number of hydrogen-bond donors (Lipinski definition) is 1. The van der Waals surface area contributed by atoms with Crippen molar-refractivity contribution in [3.05, 3.63) is 51.6 Å². The van der Waals surface area contributed by atoms with Crippen molar-refractivity contribution in [3.63, 3.8) is 0 Å². The number of ether oxygens (including phenoxy) is 1. The number of aromatic nitrogens is 1. The first-order chi connectivity index (χ1) is 8.97. The Bertz CT molecular complexity index is 641. The highest BCUT2D eigenvalue weighted by atomic mass is 79.9. The summed E-state index contributed by atoms with van der Waals surface area (Å²) in [5.41, 5.74) is 2.24. The average Bonchev–Trinajstić information content (AvgIpc) is 2.36. The van der Waals surface area contributed by atoms with Crippen molar-refractivity contribution in [2.75, 3.05) is 0 Å². The number of carboxylic acid groups (broad SMARTS) is 1. The van der Waals surface area contributed by atoms with Crippen molar-refractivity contribution in [1.82, 2.24) is 4.98 Å². The molecule has 0 saturated carbocycles. The molecule has 0 bridgehead atoms. The van der Waals surface area contributed by atoms with E-state index in [9.17, 15) is 4.79 Å². The third kappa shape index (κ3) is 3.12. The lowest BCUT2D eigenvalue weighted by Crippen LogP contribution is -2.02. The lowest BCUT2D eigenvalue weighted by molar-refractivity contribution is 0.0693. The molecule has 0 aliphatic carbocycles. The molecule has 1 aromatic carbocycles. The van der Waals surface area contributed by atoms with Gasteiger partial charge in [0.1, 0.15) is 11.3 Å². The maximum Gasteiger partial charge on any atom is 0.341 e. The van der Waals surface area contributed by atoms with Crippen LogP contribution in [0.3, 0.4) is 0 Å². The van der Waals surface area contributed by atoms with Gasteiger partial charge in [-0.15, -0.1) is 0 Å². The number of pyridine rings is 1. The Kier molecular flexibility index (Phi) is 3.85. The van der Waals surface area contributed by atoms with Crippen LogP contribution in [0.25, 0.3) is 0 Å². The molecular weight excluding hydrogens is 310 g/mol. The molecule has 0 fully saturated rings. The molecule has 98 valence electrons. The molecule has 0 amide bonds. The van der Waals surface area contributed by atoms with Crippen LogP contribution in [-0.2, 0) is 0 Å². The van der Waals surface area contributed by atoms with E-state index in [1.165, 1.54) is 12.3 Å². The number of carbonyl (C=O) groups is 1. The van der Waals surface area contributed by atoms with Gasteiger partial charge in [0.15, 0.2) is 0 Å². The van der Waals surface area contributed by atoms with E-state index in [0.29, 0.717) is 10.2 Å². The predicted molar refractivity (Wildman–Crippen MR) is 74.9 cm³/mol. The second-order valence-corrected chi connectivity index (χ2v) is 5.08. The Balaban J connectivity index is 2.37. The zero-order valence-corrected chi connectivity index (χ0v) is 12.1. The van der Waals surface area contributed by atoms with Gasteiger partial charge in [0.2, 0.25) is 5.88 Å². The number of carboxylic acids is 1. The number of aryl methyl sites for hydroxylation is 2. The summed E-state index contributed by atoms with van der Waals surface area (Å²) in [4.78, 5) is 15.1. The maximum atomic E-state index is 11.1. The molecule has 5 heteroatoms. The molecule has 0 atom stereocenters. The van der Waals surface area contributed by atoms with Crippen LogP contribution in [0.1, 0.15) is 21.5 Å². The second-order valence-electron chi connectivity index (χ2n) is 4.16. The fraction of sp³-hybridized carbons (Fsp3) is 0.143. The molecule has 1 aromatic heterocycles. The van der Waals surface area contributed by atoms with Gasteiger partial charge in [-0.1, -0.05) is 6.07 Å². The van der Waals surface area contributed by atoms with Crippen molar-refractivity contribution in [2.24, 2.45) is 0 Å². The summed E-state index contributed by atoms with van der Waals surface area (Å²) in [6.07, 6.45) is 1.50. The van der Waals surface area contributed by atoms with Gasteiger partial charge in [-0.3, -0.25) is 0 Å². The quantitative estimate of drug-likeness (QED) is 0.929. The fourth-order valence-corrected chi connectivity index (χ4v) is 1.88. The van der Waals surface area contributed by atoms with E-state index in [1.54, 1.807) is 6.07 Å². The topological polar surface area (TPSA) is 59.4 Å². The molecule has 1 N–H and O–H groups in total. The molecule has 19 heavy (non-hydrogen) atoms. The molecule has 0 unspecified atom stereocenters. The number of rotatable bonds is 3. The maximum absolute atomic E-state index is 11.1. The molecule has 0 aliphatic rings. The van der Waals surface area contributed by atoms with E-state index in [1.807, 2.05) is 26.0 Å². The molecule has 4 nitrogen and oxygen atoms in total. The van der Waals surface area contributed by atoms with Gasteiger partial charge in [-0.2, -0.15) is 0 Å². The van der Waals surface area contributed by atoms with Gasteiger partial charge in [0, 0.05) is 10.7 Å². The van der Waals surface area contributed by atoms with E-state index in [2.05, 4.69) is 20.9 Å². The van der Waals surface area contributed by atoms with Crippen LogP contribution in [-0.4, -0.2) is 16.1 Å². The summed E-state index contributed by atoms with van der Waals surface area (Å²) in [6, 6.07) is 7.03. The van der Waals surface area contributed by atoms with Crippen LogP contribution in [0, 0.1) is 13.8 Å². The molecule has 0 aliphatic heterocycles. The highest BCUT2D eigenvalue weighted by molar-refractivity contribution is 9.10. The van der Waals surface area contributed by atoms with E-state index < -0.39 is 5.97 Å². The Labute approximate surface area is 119 Å². The van der Waals surface area contributed by atoms with Crippen molar-refractivity contribution in [3.8, 4) is 11.6 Å². The Morgan fingerprint density at radius 3 is 2.63 bits per heavy atom. The van der Waals surface area contributed by atoms with Gasteiger partial charge in [-0.05, 0) is 59.1 Å². The lowest BCUT2D eigenvalue weighted by Gasteiger charge is -2.09. The van der Waals surface area contributed by atoms with Crippen LogP contribution in [0.5, 0.6) is 11.6 Å². The summed E-state index contributed by atoms with van der Waals surface area (Å²) in [7, 11) is 0. The summed E-state index contributed by atoms with van der Waals surface area (Å²) in [5.74, 6) is -0.424. The van der Waals surface area contributed by atoms with E-state index >= 15 is 0 Å². The van der Waals surface area contributed by atoms with Gasteiger partial charge in [0.25, 0.3) is 0 Å². The summed E-state index contributed by atoms with van der Waals surface area (Å²) in [6.45, 7) is 3.97. The first-order valence-corrected chi connectivity index (χ1v) is 6.40. The van der Waals surface area contributed by atoms with Crippen molar-refractivity contribution < 1.29 is 14.6 Å². The SMILES string of the molecule is Cc1ccc(Oc2ncc(Br)cc2C(=O)O)cc1C. The van der Waals surface area contributed by atoms with Crippen LogP contribution in [0.4, 0.5) is 0 Å². The number of aromatic carboxylic acids is 1. The van der Waals surface area contributed by atoms with Crippen molar-refractivity contribution in [1.29, 1.82) is 0 Å². The lowest BCUT2D eigenvalue weighted by atomic mass is 10.1. The molecular formula is C14H12BrNO3. The van der Waals surface area contributed by atoms with Crippen molar-refractivity contribution in [2.45, 2.75) is 13.8 Å². The summed E-state index contributed by atoms with van der Waals surface area (Å²) < 4.78 is 6.14. The summed E-state index contributed by atoms with van der Waals surface area (Å²) >= 11 is 3.19. The van der Waals surface area contributed by atoms with Gasteiger partial charge < -0.3 is 9.84 Å². The average molecular weight is 322 g/mol. The van der Waals surface area contributed by atoms with Crippen LogP contribution in [0.2, 0.25) is 0 Å². The largest absolute Gasteiger partial charge is 0.477 e. The van der Waals surface area contributed by atoms with E-state index in [4.69, 9.17) is 9.84 Å². The highest BCUT2D eigenvalue weighted by Gasteiger charge is 2.14. The van der Waals surface area contributed by atoms with Gasteiger partial charge >= 0.3 is 5.97 Å². The molecule has 0 saturated heterocycles. The predicted octanol–water partition coefficient (Wildman–Crippen LogP) is 3.95. The number of nitrogens with zero attached hydrogens (tertiary/aromatic N) is 1. The molecule has 0 radical (unpaired) electrons. The number of benzene rings is 1. The third-order valence-corrected chi connectivity index (χ3v) is 3.17. The minimum Gasteiger partial charge on any atom is -0.477 e. The summed E-state index contributed by atoms with van der Waals surface area (Å²) in [5, 5.41) is 9.13. The van der Waals surface area contributed by atoms with Crippen LogP contribution in [0.15, 0.2) is 34.9 Å². The van der Waals surface area contributed by atoms with Crippen LogP contribution >= 0.6 is 15.9 Å². The number of halogens is 1. The monoisotopic (exact) mass is 321 g/mol. The third-order valence-electron chi connectivity index (χ3n) is 2.74. The van der Waals surface area contributed by atoms with Gasteiger partial charge in [0.05, 0.1) is 0 Å². The first-order valence-electron chi connectivity index (χ1n) is 5.61. The zero-order valence-electron chi connectivity index (χ0n) is 10.5.